The van der Waals surface area contributed by atoms with Crippen molar-refractivity contribution in [1.82, 2.24) is 14.9 Å². The summed E-state index contributed by atoms with van der Waals surface area (Å²) in [7, 11) is 3.04. The van der Waals surface area contributed by atoms with E-state index in [-0.39, 0.29) is 18.0 Å². The van der Waals surface area contributed by atoms with Gasteiger partial charge in [-0.25, -0.2) is 4.98 Å². The Balaban J connectivity index is 1.70. The molecule has 0 saturated carbocycles. The van der Waals surface area contributed by atoms with Crippen molar-refractivity contribution in [3.8, 4) is 11.5 Å². The van der Waals surface area contributed by atoms with E-state index in [4.69, 9.17) is 9.47 Å². The third kappa shape index (κ3) is 4.64. The van der Waals surface area contributed by atoms with Gasteiger partial charge in [0, 0.05) is 12.6 Å². The molecule has 4 rings (SSSR count). The second-order valence-corrected chi connectivity index (χ2v) is 7.84. The highest BCUT2D eigenvalue weighted by molar-refractivity contribution is 5.87. The smallest absolute Gasteiger partial charge is 0.258 e. The van der Waals surface area contributed by atoms with Crippen LogP contribution >= 0.6 is 0 Å². The molecule has 7 nitrogen and oxygen atoms in total. The van der Waals surface area contributed by atoms with Crippen molar-refractivity contribution < 1.29 is 14.3 Å². The fraction of sp³-hybridized carbons (Fsp3) is 0.222. The van der Waals surface area contributed by atoms with Crippen LogP contribution in [0.25, 0.3) is 10.9 Å². The van der Waals surface area contributed by atoms with Gasteiger partial charge in [0.15, 0.2) is 11.5 Å². The number of hydrogen-bond acceptors (Lipinski definition) is 5. The predicted molar refractivity (Wildman–Crippen MR) is 131 cm³/mol. The summed E-state index contributed by atoms with van der Waals surface area (Å²) >= 11 is 0. The van der Waals surface area contributed by atoms with E-state index in [2.05, 4.69) is 9.97 Å². The second kappa shape index (κ2) is 10.2. The molecule has 0 aliphatic rings. The van der Waals surface area contributed by atoms with Crippen LogP contribution in [0.15, 0.2) is 77.6 Å². The first-order valence-electron chi connectivity index (χ1n) is 11.1. The maximum absolute atomic E-state index is 13.8. The molecule has 1 heterocycles. The van der Waals surface area contributed by atoms with Crippen LogP contribution in [0.3, 0.4) is 0 Å². The molecular weight excluding hydrogens is 430 g/mol. The summed E-state index contributed by atoms with van der Waals surface area (Å²) in [6.07, 6.45) is 0. The zero-order valence-corrected chi connectivity index (χ0v) is 19.4. The predicted octanol–water partition coefficient (Wildman–Crippen LogP) is 4.12. The fourth-order valence-electron chi connectivity index (χ4n) is 4.07. The number of likely N-dealkylation sites (N-methyl/N-ethyl adjacent to an activating group) is 1. The molecule has 0 spiro atoms. The number of ether oxygens (including phenoxy) is 2. The molecular formula is C27H27N3O4. The molecule has 0 atom stereocenters. The van der Waals surface area contributed by atoms with Crippen LogP contribution in [0.2, 0.25) is 0 Å². The highest BCUT2D eigenvalue weighted by Gasteiger charge is 2.27. The summed E-state index contributed by atoms with van der Waals surface area (Å²) in [6.45, 7) is 2.55. The van der Waals surface area contributed by atoms with Crippen LogP contribution in [-0.2, 0) is 11.3 Å². The van der Waals surface area contributed by atoms with E-state index in [9.17, 15) is 9.59 Å². The standard InChI is InChI=1S/C27H27N3O4/c1-4-30(27(32)25(18-11-7-5-8-12-18)19-13-9-6-10-14-19)17-24-28-21-16-23(34-3)22(33-2)15-20(21)26(31)29-24/h5-16,25H,4,17H2,1-3H3,(H,28,29,31). The SMILES string of the molecule is CCN(Cc1nc2cc(OC)c(OC)cc2c(=O)[nH]1)C(=O)C(c1ccccc1)c1ccccc1. The zero-order valence-electron chi connectivity index (χ0n) is 19.4. The minimum Gasteiger partial charge on any atom is -0.493 e. The molecule has 0 aliphatic carbocycles. The highest BCUT2D eigenvalue weighted by Crippen LogP contribution is 2.30. The number of nitrogens with one attached hydrogen (secondary N) is 1. The van der Waals surface area contributed by atoms with Crippen molar-refractivity contribution in [1.29, 1.82) is 0 Å². The monoisotopic (exact) mass is 457 g/mol. The van der Waals surface area contributed by atoms with Gasteiger partial charge in [0.05, 0.1) is 37.6 Å². The van der Waals surface area contributed by atoms with Crippen molar-refractivity contribution >= 4 is 16.8 Å². The molecule has 1 amide bonds. The Labute approximate surface area is 198 Å². The van der Waals surface area contributed by atoms with E-state index in [0.29, 0.717) is 34.8 Å². The number of H-pyrrole nitrogens is 1. The van der Waals surface area contributed by atoms with Crippen LogP contribution in [0.4, 0.5) is 0 Å². The molecule has 1 aromatic heterocycles. The van der Waals surface area contributed by atoms with Gasteiger partial charge < -0.3 is 19.4 Å². The third-order valence-corrected chi connectivity index (χ3v) is 5.81. The first kappa shape index (κ1) is 23.0. The Hall–Kier alpha value is -4.13. The van der Waals surface area contributed by atoms with Crippen LogP contribution in [0.1, 0.15) is 29.8 Å². The molecule has 4 aromatic rings. The van der Waals surface area contributed by atoms with Gasteiger partial charge in [-0.1, -0.05) is 60.7 Å². The van der Waals surface area contributed by atoms with Crippen molar-refractivity contribution in [2.45, 2.75) is 19.4 Å². The topological polar surface area (TPSA) is 84.5 Å². The highest BCUT2D eigenvalue weighted by atomic mass is 16.5. The Morgan fingerprint density at radius 1 is 0.941 bits per heavy atom. The van der Waals surface area contributed by atoms with Gasteiger partial charge in [-0.2, -0.15) is 0 Å². The minimum absolute atomic E-state index is 0.0602. The Morgan fingerprint density at radius 3 is 2.03 bits per heavy atom. The van der Waals surface area contributed by atoms with E-state index in [0.717, 1.165) is 11.1 Å². The Kier molecular flexibility index (Phi) is 6.92. The molecule has 0 unspecified atom stereocenters. The lowest BCUT2D eigenvalue weighted by Crippen LogP contribution is -2.36. The summed E-state index contributed by atoms with van der Waals surface area (Å²) < 4.78 is 10.6. The number of aromatic amines is 1. The second-order valence-electron chi connectivity index (χ2n) is 7.84. The lowest BCUT2D eigenvalue weighted by atomic mass is 9.90. The van der Waals surface area contributed by atoms with Gasteiger partial charge in [-0.15, -0.1) is 0 Å². The molecule has 1 N–H and O–H groups in total. The fourth-order valence-corrected chi connectivity index (χ4v) is 4.07. The number of amides is 1. The molecule has 0 fully saturated rings. The van der Waals surface area contributed by atoms with E-state index >= 15 is 0 Å². The first-order chi connectivity index (χ1) is 16.5. The molecule has 3 aromatic carbocycles. The lowest BCUT2D eigenvalue weighted by molar-refractivity contribution is -0.132. The summed E-state index contributed by atoms with van der Waals surface area (Å²) in [5.74, 6) is 0.818. The van der Waals surface area contributed by atoms with Crippen LogP contribution in [0.5, 0.6) is 11.5 Å². The average molecular weight is 458 g/mol. The third-order valence-electron chi connectivity index (χ3n) is 5.81. The van der Waals surface area contributed by atoms with Gasteiger partial charge in [-0.05, 0) is 24.1 Å². The first-order valence-corrected chi connectivity index (χ1v) is 11.1. The van der Waals surface area contributed by atoms with E-state index in [1.165, 1.54) is 14.2 Å². The van der Waals surface area contributed by atoms with E-state index in [1.54, 1.807) is 17.0 Å². The maximum Gasteiger partial charge on any atom is 0.258 e. The van der Waals surface area contributed by atoms with Crippen molar-refractivity contribution in [3.05, 3.63) is 100 Å². The number of hydrogen-bond donors (Lipinski definition) is 1. The number of aromatic nitrogens is 2. The van der Waals surface area contributed by atoms with Gasteiger partial charge in [0.1, 0.15) is 5.82 Å². The largest absolute Gasteiger partial charge is 0.493 e. The number of fused-ring (bicyclic) bond motifs is 1. The van der Waals surface area contributed by atoms with Gasteiger partial charge >= 0.3 is 0 Å². The van der Waals surface area contributed by atoms with Crippen molar-refractivity contribution in [2.75, 3.05) is 20.8 Å². The summed E-state index contributed by atoms with van der Waals surface area (Å²) in [6, 6.07) is 22.7. The average Bonchev–Trinajstić information content (AvgIpc) is 2.88. The molecule has 0 aliphatic heterocycles. The normalized spacial score (nSPS) is 10.9. The molecule has 34 heavy (non-hydrogen) atoms. The van der Waals surface area contributed by atoms with Crippen molar-refractivity contribution in [2.24, 2.45) is 0 Å². The molecule has 0 bridgehead atoms. The number of benzene rings is 3. The van der Waals surface area contributed by atoms with E-state index in [1.807, 2.05) is 67.6 Å². The number of rotatable bonds is 8. The van der Waals surface area contributed by atoms with E-state index < -0.39 is 5.92 Å². The molecule has 0 radical (unpaired) electrons. The summed E-state index contributed by atoms with van der Waals surface area (Å²) in [4.78, 5) is 35.7. The summed E-state index contributed by atoms with van der Waals surface area (Å²) in [5, 5.41) is 0.391. The van der Waals surface area contributed by atoms with Crippen LogP contribution < -0.4 is 15.0 Å². The molecule has 174 valence electrons. The number of carbonyl (C=O) groups is 1. The van der Waals surface area contributed by atoms with Gasteiger partial charge in [-0.3, -0.25) is 9.59 Å². The van der Waals surface area contributed by atoms with Gasteiger partial charge in [0.25, 0.3) is 5.56 Å². The Morgan fingerprint density at radius 2 is 1.50 bits per heavy atom. The number of carbonyl (C=O) groups excluding carboxylic acids is 1. The number of nitrogens with zero attached hydrogens (tertiary/aromatic N) is 2. The Bertz CT molecular complexity index is 1300. The number of methoxy groups -OCH3 is 2. The summed E-state index contributed by atoms with van der Waals surface area (Å²) in [5.41, 5.74) is 2.00. The van der Waals surface area contributed by atoms with Gasteiger partial charge in [0.2, 0.25) is 5.91 Å². The lowest BCUT2D eigenvalue weighted by Gasteiger charge is -2.26. The zero-order chi connectivity index (χ0) is 24.1. The minimum atomic E-state index is -0.459. The maximum atomic E-state index is 13.8. The van der Waals surface area contributed by atoms with Crippen molar-refractivity contribution in [3.63, 3.8) is 0 Å². The molecule has 0 saturated heterocycles. The van der Waals surface area contributed by atoms with Crippen LogP contribution in [0, 0.1) is 0 Å². The molecule has 7 heteroatoms. The quantitative estimate of drug-likeness (QED) is 0.430. The van der Waals surface area contributed by atoms with Crippen LogP contribution in [-0.4, -0.2) is 41.5 Å².